The molecule has 0 aliphatic heterocycles. The molecule has 0 unspecified atom stereocenters. The molecule has 0 aromatic heterocycles. The number of rotatable bonds is 4. The average Bonchev–Trinajstić information content (AvgIpc) is 2.72. The number of carbonyl (C=O) groups excluding carboxylic acids is 1. The van der Waals surface area contributed by atoms with Gasteiger partial charge >= 0.3 is 6.18 Å². The summed E-state index contributed by atoms with van der Waals surface area (Å²) < 4.78 is 52.0. The molecule has 9 heteroatoms. The van der Waals surface area contributed by atoms with E-state index in [-0.39, 0.29) is 34.1 Å². The molecular formula is C22H21ClF4N2O2. The van der Waals surface area contributed by atoms with Crippen LogP contribution in [-0.2, 0) is 6.18 Å². The second kappa shape index (κ2) is 9.78. The first-order chi connectivity index (χ1) is 14.6. The number of carbonyl (C=O) groups is 1. The van der Waals surface area contributed by atoms with Gasteiger partial charge < -0.3 is 10.4 Å². The maximum atomic E-state index is 13.8. The standard InChI is InChI=1S/C22H21ClF4N2O2/c23-18-10-7-16(12-19(18)24)28-20(11-13-1-8-17(30)9-2-13)29-21(31)14-3-5-15(6-4-14)22(25,26)27/h3-7,10,12-13,17,30H,1-2,8-9,11H2,(H,28,29,31). The molecule has 2 aromatic rings. The van der Waals surface area contributed by atoms with Crippen LogP contribution in [-0.4, -0.2) is 23.0 Å². The minimum atomic E-state index is -4.49. The smallest absolute Gasteiger partial charge is 0.393 e. The first-order valence-electron chi connectivity index (χ1n) is 9.81. The Morgan fingerprint density at radius 2 is 1.74 bits per heavy atom. The van der Waals surface area contributed by atoms with Crippen LogP contribution in [0.5, 0.6) is 0 Å². The molecule has 2 aromatic carbocycles. The van der Waals surface area contributed by atoms with Crippen LogP contribution < -0.4 is 5.32 Å². The Labute approximate surface area is 181 Å². The second-order valence-corrected chi connectivity index (χ2v) is 7.97. The minimum Gasteiger partial charge on any atom is -0.393 e. The number of aliphatic hydroxyl groups is 1. The summed E-state index contributed by atoms with van der Waals surface area (Å²) in [5, 5.41) is 12.3. The molecule has 4 nitrogen and oxygen atoms in total. The number of amidine groups is 1. The number of halogens is 5. The lowest BCUT2D eigenvalue weighted by atomic mass is 9.85. The van der Waals surface area contributed by atoms with Crippen molar-refractivity contribution in [2.75, 3.05) is 0 Å². The number of aliphatic imine (C=N–C) groups is 1. The van der Waals surface area contributed by atoms with Crippen molar-refractivity contribution in [3.05, 3.63) is 64.4 Å². The molecule has 1 aliphatic carbocycles. The lowest BCUT2D eigenvalue weighted by Gasteiger charge is -2.25. The average molecular weight is 457 g/mol. The van der Waals surface area contributed by atoms with E-state index < -0.39 is 23.5 Å². The summed E-state index contributed by atoms with van der Waals surface area (Å²) in [5.41, 5.74) is -0.558. The lowest BCUT2D eigenvalue weighted by molar-refractivity contribution is -0.137. The summed E-state index contributed by atoms with van der Waals surface area (Å²) >= 11 is 5.70. The SMILES string of the molecule is O=C(NC(CC1CCC(O)CC1)=Nc1ccc(Cl)c(F)c1)c1ccc(C(F)(F)F)cc1. The molecule has 0 radical (unpaired) electrons. The third kappa shape index (κ3) is 6.51. The molecule has 0 bridgehead atoms. The van der Waals surface area contributed by atoms with Gasteiger partial charge in [-0.15, -0.1) is 0 Å². The summed E-state index contributed by atoms with van der Waals surface area (Å²) in [6.45, 7) is 0. The van der Waals surface area contributed by atoms with E-state index in [1.54, 1.807) is 0 Å². The van der Waals surface area contributed by atoms with Crippen molar-refractivity contribution in [1.82, 2.24) is 5.32 Å². The Hall–Kier alpha value is -2.45. The predicted molar refractivity (Wildman–Crippen MR) is 110 cm³/mol. The van der Waals surface area contributed by atoms with Crippen molar-refractivity contribution in [1.29, 1.82) is 0 Å². The number of nitrogens with one attached hydrogen (secondary N) is 1. The second-order valence-electron chi connectivity index (χ2n) is 7.56. The van der Waals surface area contributed by atoms with Gasteiger partial charge in [-0.3, -0.25) is 4.79 Å². The van der Waals surface area contributed by atoms with E-state index in [0.29, 0.717) is 19.3 Å². The van der Waals surface area contributed by atoms with E-state index in [4.69, 9.17) is 11.6 Å². The quantitative estimate of drug-likeness (QED) is 0.342. The van der Waals surface area contributed by atoms with Crippen LogP contribution in [0.1, 0.15) is 48.0 Å². The van der Waals surface area contributed by atoms with Gasteiger partial charge in [0.25, 0.3) is 5.91 Å². The fourth-order valence-corrected chi connectivity index (χ4v) is 3.59. The number of hydrogen-bond donors (Lipinski definition) is 2. The Morgan fingerprint density at radius 1 is 1.10 bits per heavy atom. The number of nitrogens with zero attached hydrogens (tertiary/aromatic N) is 1. The molecule has 3 rings (SSSR count). The molecule has 2 N–H and O–H groups in total. The van der Waals surface area contributed by atoms with Crippen molar-refractivity contribution in [2.24, 2.45) is 10.9 Å². The van der Waals surface area contributed by atoms with Crippen molar-refractivity contribution in [3.63, 3.8) is 0 Å². The zero-order valence-corrected chi connectivity index (χ0v) is 17.2. The maximum absolute atomic E-state index is 13.8. The van der Waals surface area contributed by atoms with Gasteiger partial charge in [-0.2, -0.15) is 13.2 Å². The number of hydrogen-bond acceptors (Lipinski definition) is 3. The van der Waals surface area contributed by atoms with Crippen LogP contribution in [0.2, 0.25) is 5.02 Å². The lowest BCUT2D eigenvalue weighted by Crippen LogP contribution is -2.33. The van der Waals surface area contributed by atoms with Crippen molar-refractivity contribution >= 4 is 29.0 Å². The van der Waals surface area contributed by atoms with Gasteiger partial charge in [0.2, 0.25) is 0 Å². The highest BCUT2D eigenvalue weighted by Crippen LogP contribution is 2.30. The van der Waals surface area contributed by atoms with Crippen LogP contribution in [0.25, 0.3) is 0 Å². The Kier molecular flexibility index (Phi) is 7.33. The minimum absolute atomic E-state index is 0.0436. The first-order valence-corrected chi connectivity index (χ1v) is 10.2. The van der Waals surface area contributed by atoms with E-state index in [1.165, 1.54) is 12.1 Å². The molecule has 0 heterocycles. The van der Waals surface area contributed by atoms with Gasteiger partial charge in [-0.05, 0) is 68.0 Å². The zero-order chi connectivity index (χ0) is 22.6. The summed E-state index contributed by atoms with van der Waals surface area (Å²) in [7, 11) is 0. The highest BCUT2D eigenvalue weighted by molar-refractivity contribution is 6.30. The van der Waals surface area contributed by atoms with Gasteiger partial charge in [0.1, 0.15) is 11.7 Å². The summed E-state index contributed by atoms with van der Waals surface area (Å²) in [6.07, 6.45) is -1.70. The molecule has 166 valence electrons. The van der Waals surface area contributed by atoms with Gasteiger partial charge in [-0.25, -0.2) is 9.38 Å². The largest absolute Gasteiger partial charge is 0.416 e. The fourth-order valence-electron chi connectivity index (χ4n) is 3.47. The van der Waals surface area contributed by atoms with E-state index >= 15 is 0 Å². The molecule has 1 aliphatic rings. The molecule has 0 saturated heterocycles. The summed E-state index contributed by atoms with van der Waals surface area (Å²) in [4.78, 5) is 17.0. The maximum Gasteiger partial charge on any atom is 0.416 e. The third-order valence-electron chi connectivity index (χ3n) is 5.20. The van der Waals surface area contributed by atoms with Gasteiger partial charge in [0.15, 0.2) is 0 Å². The third-order valence-corrected chi connectivity index (χ3v) is 5.50. The number of amides is 1. The van der Waals surface area contributed by atoms with Gasteiger partial charge in [-0.1, -0.05) is 11.6 Å². The Balaban J connectivity index is 1.80. The van der Waals surface area contributed by atoms with Crippen LogP contribution in [0.15, 0.2) is 47.5 Å². The van der Waals surface area contributed by atoms with E-state index in [0.717, 1.165) is 43.2 Å². The normalized spacial score (nSPS) is 19.9. The van der Waals surface area contributed by atoms with Gasteiger partial charge in [0.05, 0.1) is 22.4 Å². The van der Waals surface area contributed by atoms with Crippen molar-refractivity contribution in [2.45, 2.75) is 44.4 Å². The molecule has 1 amide bonds. The monoisotopic (exact) mass is 456 g/mol. The molecule has 1 saturated carbocycles. The van der Waals surface area contributed by atoms with Crippen LogP contribution in [0.3, 0.4) is 0 Å². The van der Waals surface area contributed by atoms with Gasteiger partial charge in [0, 0.05) is 18.1 Å². The topological polar surface area (TPSA) is 61.7 Å². The number of alkyl halides is 3. The highest BCUT2D eigenvalue weighted by atomic mass is 35.5. The zero-order valence-electron chi connectivity index (χ0n) is 16.4. The van der Waals surface area contributed by atoms with E-state index in [1.807, 2.05) is 0 Å². The first kappa shape index (κ1) is 23.2. The number of aliphatic hydroxyl groups excluding tert-OH is 1. The van der Waals surface area contributed by atoms with Crippen LogP contribution >= 0.6 is 11.6 Å². The predicted octanol–water partition coefficient (Wildman–Crippen LogP) is 5.90. The van der Waals surface area contributed by atoms with Crippen molar-refractivity contribution in [3.8, 4) is 0 Å². The van der Waals surface area contributed by atoms with E-state index in [9.17, 15) is 27.5 Å². The summed E-state index contributed by atoms with van der Waals surface area (Å²) in [5.74, 6) is -0.838. The molecule has 1 fully saturated rings. The van der Waals surface area contributed by atoms with Crippen LogP contribution in [0.4, 0.5) is 23.2 Å². The number of benzene rings is 2. The molecule has 0 atom stereocenters. The van der Waals surface area contributed by atoms with Crippen LogP contribution in [0, 0.1) is 11.7 Å². The molecular weight excluding hydrogens is 436 g/mol. The Morgan fingerprint density at radius 3 is 2.32 bits per heavy atom. The van der Waals surface area contributed by atoms with Crippen molar-refractivity contribution < 1.29 is 27.5 Å². The molecule has 31 heavy (non-hydrogen) atoms. The fraction of sp³-hybridized carbons (Fsp3) is 0.364. The molecule has 0 spiro atoms. The Bertz CT molecular complexity index is 953. The van der Waals surface area contributed by atoms with E-state index in [2.05, 4.69) is 10.3 Å². The highest BCUT2D eigenvalue weighted by Gasteiger charge is 2.30. The summed E-state index contributed by atoms with van der Waals surface area (Å²) in [6, 6.07) is 7.84.